The number of thioether (sulfide) groups is 5. The van der Waals surface area contributed by atoms with Crippen molar-refractivity contribution in [3.05, 3.63) is 216 Å². The largest absolute Gasteiger partial charge is 0.423 e. The van der Waals surface area contributed by atoms with E-state index in [1.807, 2.05) is 131 Å². The molecule has 820 valence electrons. The van der Waals surface area contributed by atoms with Crippen molar-refractivity contribution in [2.24, 2.45) is 41.4 Å². The van der Waals surface area contributed by atoms with Crippen molar-refractivity contribution in [1.29, 1.82) is 16.2 Å². The summed E-state index contributed by atoms with van der Waals surface area (Å²) in [5, 5.41) is 39.5. The smallest absolute Gasteiger partial charge is 0.336 e. The number of halogens is 1. The lowest BCUT2D eigenvalue weighted by Crippen LogP contribution is -2.42. The molecule has 22 nitrogen and oxygen atoms in total. The van der Waals surface area contributed by atoms with Gasteiger partial charge in [-0.2, -0.15) is 47.0 Å². The van der Waals surface area contributed by atoms with Crippen molar-refractivity contribution >= 4 is 125 Å². The number of carbonyl (C=O) groups excluding carboxylic acids is 2. The van der Waals surface area contributed by atoms with Crippen LogP contribution in [0.15, 0.2) is 149 Å². The number of nitrogens with two attached hydrogens (primary N) is 1. The molecule has 0 atom stereocenters. The minimum absolute atomic E-state index is 0. The third kappa shape index (κ3) is 52.7. The van der Waals surface area contributed by atoms with Gasteiger partial charge in [-0.1, -0.05) is 281 Å². The number of sulfone groups is 1. The van der Waals surface area contributed by atoms with Gasteiger partial charge in [0, 0.05) is 46.9 Å². The van der Waals surface area contributed by atoms with Gasteiger partial charge in [0.25, 0.3) is 11.8 Å². The molecule has 14 rings (SSSR count). The van der Waals surface area contributed by atoms with Crippen molar-refractivity contribution in [2.75, 3.05) is 53.3 Å². The van der Waals surface area contributed by atoms with Crippen LogP contribution in [0.2, 0.25) is 5.02 Å². The van der Waals surface area contributed by atoms with Crippen LogP contribution in [0.3, 0.4) is 0 Å². The summed E-state index contributed by atoms with van der Waals surface area (Å²) in [5.41, 5.74) is 15.6. The molecule has 1 aromatic heterocycles. The average Bonchev–Trinajstić information content (AvgIpc) is 1.63. The topological polar surface area (TPSA) is 487 Å². The molecule has 0 spiro atoms. The van der Waals surface area contributed by atoms with Crippen molar-refractivity contribution in [3.63, 3.8) is 0 Å². The van der Waals surface area contributed by atoms with Crippen molar-refractivity contribution in [1.82, 2.24) is 10.3 Å². The number of hydrazine groups is 1. The number of piperidine rings is 1. The van der Waals surface area contributed by atoms with Gasteiger partial charge < -0.3 is 63.6 Å². The van der Waals surface area contributed by atoms with Crippen molar-refractivity contribution in [3.8, 4) is 0 Å². The van der Waals surface area contributed by atoms with E-state index < -0.39 is 15.4 Å². The molecule has 0 radical (unpaired) electrons. The Labute approximate surface area is 894 Å². The molecule has 0 unspecified atom stereocenters. The SMILES string of the molecule is CC(C)S(=O)(=O)CC1CCCCC1.CC(C)SCC1CCCCC1.CC(C)SCC1CCCCC1.CC(C)SCC1CCCCC1.CCC(=N)SC(=N)c1ccccc1.CCc1ccc(C(=N)CNN)cc1.CCc1ccc(N2CCC(O)(c3ccc(Cl)cc3)CC2)cc1C.CCc1ccc2c(c1)C(=O)N(C(C)C)C2=O.Cc1c(CCC2CCC(CSC(C)C)CC2)ccc2oc(=O)ccc12.O.O.O.O.O.O.O.O. The molecular formula is C115H192ClN7O15S6. The van der Waals surface area contributed by atoms with Crippen molar-refractivity contribution in [2.45, 2.75) is 368 Å². The molecule has 3 heterocycles. The summed E-state index contributed by atoms with van der Waals surface area (Å²) >= 11 is 15.7. The van der Waals surface area contributed by atoms with E-state index in [-0.39, 0.29) is 72.5 Å². The maximum absolute atomic E-state index is 12.0. The molecule has 144 heavy (non-hydrogen) atoms. The zero-order valence-corrected chi connectivity index (χ0v) is 96.3. The summed E-state index contributed by atoms with van der Waals surface area (Å²) in [6.45, 7) is 40.4. The lowest BCUT2D eigenvalue weighted by Gasteiger charge is -2.39. The van der Waals surface area contributed by atoms with E-state index in [9.17, 15) is 27.9 Å². The Morgan fingerprint density at radius 2 is 0.931 bits per heavy atom. The first-order valence-corrected chi connectivity index (χ1v) is 59.1. The van der Waals surface area contributed by atoms with E-state index in [4.69, 9.17) is 38.1 Å². The lowest BCUT2D eigenvalue weighted by atomic mass is 9.80. The maximum atomic E-state index is 12.0. The Morgan fingerprint density at radius 3 is 1.35 bits per heavy atom. The molecule has 5 saturated carbocycles. The third-order valence-corrected chi connectivity index (χ3v) is 36.2. The Bertz CT molecular complexity index is 4740. The Balaban J connectivity index is -0.00000157. The number of anilines is 1. The summed E-state index contributed by atoms with van der Waals surface area (Å²) in [6, 6.07) is 44.7. The fourth-order valence-corrected chi connectivity index (χ4v) is 24.5. The highest BCUT2D eigenvalue weighted by Crippen LogP contribution is 2.39. The van der Waals surface area contributed by atoms with Gasteiger partial charge in [0.05, 0.1) is 45.0 Å². The predicted octanol–water partition coefficient (Wildman–Crippen LogP) is 24.1. The molecule has 5 aliphatic carbocycles. The van der Waals surface area contributed by atoms with Crippen LogP contribution in [0.5, 0.6) is 0 Å². The maximum Gasteiger partial charge on any atom is 0.336 e. The number of nitrogens with zero attached hydrogens (tertiary/aromatic N) is 2. The summed E-state index contributed by atoms with van der Waals surface area (Å²) in [6.07, 6.45) is 41.5. The fraction of sp³-hybridized carbons (Fsp3) is 0.617. The molecule has 29 heteroatoms. The highest BCUT2D eigenvalue weighted by molar-refractivity contribution is 8.26. The van der Waals surface area contributed by atoms with Crippen LogP contribution in [-0.4, -0.2) is 171 Å². The predicted molar refractivity (Wildman–Crippen MR) is 628 cm³/mol. The van der Waals surface area contributed by atoms with Crippen LogP contribution < -0.4 is 21.8 Å². The zero-order valence-electron chi connectivity index (χ0n) is 90.7. The first-order valence-electron chi connectivity index (χ1n) is 52.0. The van der Waals surface area contributed by atoms with E-state index in [2.05, 4.69) is 165 Å². The molecular weight excluding hydrogens is 1950 g/mol. The van der Waals surface area contributed by atoms with Gasteiger partial charge in [-0.3, -0.25) is 36.6 Å². The number of nitrogens with one attached hydrogen (secondary N) is 4. The Hall–Kier alpha value is -5.97. The average molecular weight is 2140 g/mol. The van der Waals surface area contributed by atoms with E-state index in [1.165, 1.54) is 227 Å². The Kier molecular flexibility index (Phi) is 76.4. The third-order valence-electron chi connectivity index (χ3n) is 27.2. The minimum atomic E-state index is -2.80. The standard InChI is InChI=1S/C22H30O2S.C20H24ClNO.C13H15NO2.C10H15N3.C10H12N2S.C10H20O2S.3C10H20S.8H2O/c1-15(2)25-14-18-6-4-17(5-7-18)8-9-19-10-12-21-20(16(19)3)11-13-22(23)24-21;1-3-16-4-9-19(14-15(16)2)22-12-10-20(23,11-13-22)17-5-7-18(21)8-6-17;1-4-9-5-6-10-11(7-9)13(16)14(8(2)3)12(10)15;1-2-8-3-5-9(6-4-8)10(11)7-13-12;1-2-9(11)13-10(12)8-6-4-3-5-7-8;1-9(2)13(11,12)8-10-6-4-3-5-7-10;3*1-9(2)11-8-10-6-4-3-5-7-10;;;;;;;;/h10-13,15,17-18H,4-9,14H2,1-3H3;4-9,14,23H,3,10-13H2,1-2H3;5-8H,4H2,1-3H3;3-6,11,13H,2,7,12H2,1H3;3-7,11-12H,2H2,1H3;9-10H,3-8H2,1-2H3;3*9-10H,3-8H2,1-2H3;8*1H2. The normalized spacial score (nSPS) is 16.5. The first kappa shape index (κ1) is 142. The number of carbonyl (C=O) groups is 2. The van der Waals surface area contributed by atoms with Crippen LogP contribution >= 0.6 is 70.4 Å². The number of imide groups is 1. The summed E-state index contributed by atoms with van der Waals surface area (Å²) in [5.74, 6) is 16.2. The molecule has 6 aromatic carbocycles. The van der Waals surface area contributed by atoms with E-state index in [1.54, 1.807) is 19.9 Å². The first-order chi connectivity index (χ1) is 65.0. The van der Waals surface area contributed by atoms with Gasteiger partial charge in [0.2, 0.25) is 0 Å². The second-order valence-electron chi connectivity index (χ2n) is 40.1. The Morgan fingerprint density at radius 1 is 0.493 bits per heavy atom. The molecule has 2 aliphatic heterocycles. The van der Waals surface area contributed by atoms with E-state index in [0.29, 0.717) is 62.2 Å². The van der Waals surface area contributed by atoms with E-state index in [0.717, 1.165) is 143 Å². The fourth-order valence-electron chi connectivity index (χ4n) is 18.3. The van der Waals surface area contributed by atoms with Gasteiger partial charge in [0.1, 0.15) is 10.6 Å². The minimum Gasteiger partial charge on any atom is -0.423 e. The van der Waals surface area contributed by atoms with Gasteiger partial charge >= 0.3 is 5.63 Å². The van der Waals surface area contributed by atoms with Crippen LogP contribution in [0.25, 0.3) is 11.0 Å². The monoisotopic (exact) mass is 2140 g/mol. The van der Waals surface area contributed by atoms with Crippen LogP contribution in [0, 0.1) is 65.6 Å². The summed E-state index contributed by atoms with van der Waals surface area (Å²) in [7, 11) is -2.80. The van der Waals surface area contributed by atoms with Crippen LogP contribution in [0.4, 0.5) is 5.69 Å². The molecule has 6 fully saturated rings. The number of benzene rings is 6. The molecule has 1 saturated heterocycles. The number of hydrogen-bond acceptors (Lipinski definition) is 18. The highest BCUT2D eigenvalue weighted by Gasteiger charge is 2.38. The van der Waals surface area contributed by atoms with Gasteiger partial charge in [0.15, 0.2) is 9.84 Å². The summed E-state index contributed by atoms with van der Waals surface area (Å²) in [4.78, 5) is 39.0. The molecule has 7 aliphatic rings. The second kappa shape index (κ2) is 77.4. The van der Waals surface area contributed by atoms with E-state index >= 15 is 0 Å². The van der Waals surface area contributed by atoms with Gasteiger partial charge in [-0.25, -0.2) is 13.2 Å². The molecule has 0 bridgehead atoms. The van der Waals surface area contributed by atoms with Crippen LogP contribution in [0.1, 0.15) is 361 Å². The quantitative estimate of drug-likeness (QED) is 0.00633. The molecule has 7 aromatic rings. The summed E-state index contributed by atoms with van der Waals surface area (Å²) < 4.78 is 28.5. The number of rotatable bonds is 29. The number of aliphatic hydroxyl groups is 1. The number of amides is 2. The highest BCUT2D eigenvalue weighted by atomic mass is 35.5. The number of hydrogen-bond donors (Lipinski definition) is 6. The van der Waals surface area contributed by atoms with Gasteiger partial charge in [-0.05, 0) is 330 Å². The second-order valence-corrected chi connectivity index (χ2v) is 50.7. The number of aryl methyl sites for hydroxylation is 6. The number of fused-ring (bicyclic) bond motifs is 2. The van der Waals surface area contributed by atoms with Crippen molar-refractivity contribution < 1.29 is 71.3 Å². The molecule has 2 amide bonds. The zero-order chi connectivity index (χ0) is 99.7. The molecule has 23 N–H and O–H groups in total. The lowest BCUT2D eigenvalue weighted by molar-refractivity contribution is 0.0117. The van der Waals surface area contributed by atoms with Gasteiger partial charge in [-0.15, -0.1) is 0 Å². The van der Waals surface area contributed by atoms with Crippen LogP contribution in [-0.2, 0) is 41.1 Å².